The van der Waals surface area contributed by atoms with E-state index in [4.69, 9.17) is 12.2 Å². The van der Waals surface area contributed by atoms with E-state index >= 15 is 0 Å². The molecule has 1 N–H and O–H groups in total. The molecule has 0 bridgehead atoms. The SMILES string of the molecule is Cc1cc(=S)nc(-c2c(F)ccc([N+](=O)[O-])c2F)[nH]1. The van der Waals surface area contributed by atoms with Gasteiger partial charge < -0.3 is 4.98 Å². The van der Waals surface area contributed by atoms with E-state index in [9.17, 15) is 18.9 Å². The summed E-state index contributed by atoms with van der Waals surface area (Å²) in [6.07, 6.45) is 0. The minimum absolute atomic E-state index is 0.136. The number of H-pyrrole nitrogens is 1. The van der Waals surface area contributed by atoms with Gasteiger partial charge in [-0.15, -0.1) is 0 Å². The van der Waals surface area contributed by atoms with Crippen LogP contribution in [0.4, 0.5) is 14.5 Å². The Balaban J connectivity index is 2.77. The van der Waals surface area contributed by atoms with Gasteiger partial charge >= 0.3 is 5.69 Å². The van der Waals surface area contributed by atoms with Crippen LogP contribution in [0, 0.1) is 33.3 Å². The highest BCUT2D eigenvalue weighted by atomic mass is 32.1. The van der Waals surface area contributed by atoms with Crippen molar-refractivity contribution in [1.82, 2.24) is 9.97 Å². The van der Waals surface area contributed by atoms with Gasteiger partial charge in [-0.2, -0.15) is 4.39 Å². The van der Waals surface area contributed by atoms with E-state index in [1.165, 1.54) is 6.07 Å². The summed E-state index contributed by atoms with van der Waals surface area (Å²) in [5, 5.41) is 10.6. The summed E-state index contributed by atoms with van der Waals surface area (Å²) in [5.41, 5.74) is -0.872. The first kappa shape index (κ1) is 13.2. The van der Waals surface area contributed by atoms with Crippen LogP contribution in [0.1, 0.15) is 5.69 Å². The minimum Gasteiger partial charge on any atom is -0.343 e. The van der Waals surface area contributed by atoms with Crippen LogP contribution in [0.5, 0.6) is 0 Å². The summed E-state index contributed by atoms with van der Waals surface area (Å²) in [6.45, 7) is 1.63. The van der Waals surface area contributed by atoms with E-state index in [1.54, 1.807) is 6.92 Å². The highest BCUT2D eigenvalue weighted by Crippen LogP contribution is 2.29. The molecule has 5 nitrogen and oxygen atoms in total. The first-order chi connectivity index (χ1) is 8.90. The Morgan fingerprint density at radius 1 is 1.42 bits per heavy atom. The highest BCUT2D eigenvalue weighted by Gasteiger charge is 2.23. The number of nitrogens with zero attached hydrogens (tertiary/aromatic N) is 2. The fourth-order valence-corrected chi connectivity index (χ4v) is 1.86. The summed E-state index contributed by atoms with van der Waals surface area (Å²) in [4.78, 5) is 16.1. The number of aromatic nitrogens is 2. The van der Waals surface area contributed by atoms with Gasteiger partial charge in [0.25, 0.3) is 0 Å². The molecule has 0 aliphatic carbocycles. The number of nitro groups is 1. The van der Waals surface area contributed by atoms with E-state index in [1.807, 2.05) is 0 Å². The van der Waals surface area contributed by atoms with Gasteiger partial charge in [0.1, 0.15) is 16.3 Å². The summed E-state index contributed by atoms with van der Waals surface area (Å²) in [7, 11) is 0. The molecule has 0 fully saturated rings. The van der Waals surface area contributed by atoms with Crippen LogP contribution in [0.25, 0.3) is 11.4 Å². The number of aromatic amines is 1. The van der Waals surface area contributed by atoms with E-state index in [0.29, 0.717) is 5.69 Å². The van der Waals surface area contributed by atoms with E-state index in [0.717, 1.165) is 12.1 Å². The molecule has 0 amide bonds. The van der Waals surface area contributed by atoms with Crippen LogP contribution in [0.2, 0.25) is 0 Å². The van der Waals surface area contributed by atoms with Gasteiger partial charge in [-0.05, 0) is 19.1 Å². The van der Waals surface area contributed by atoms with Crippen LogP contribution in [0.15, 0.2) is 18.2 Å². The molecule has 98 valence electrons. The Labute approximate surface area is 111 Å². The number of aryl methyl sites for hydroxylation is 1. The van der Waals surface area contributed by atoms with Crippen molar-refractivity contribution in [3.63, 3.8) is 0 Å². The van der Waals surface area contributed by atoms with E-state index in [2.05, 4.69) is 9.97 Å². The highest BCUT2D eigenvalue weighted by molar-refractivity contribution is 7.71. The van der Waals surface area contributed by atoms with Crippen molar-refractivity contribution in [2.75, 3.05) is 0 Å². The van der Waals surface area contributed by atoms with Crippen molar-refractivity contribution in [3.8, 4) is 11.4 Å². The predicted octanol–water partition coefficient (Wildman–Crippen LogP) is 3.30. The monoisotopic (exact) mass is 283 g/mol. The number of benzene rings is 1. The molecule has 0 aliphatic heterocycles. The largest absolute Gasteiger partial charge is 0.343 e. The number of nitrogens with one attached hydrogen (secondary N) is 1. The van der Waals surface area contributed by atoms with Gasteiger partial charge in [0.05, 0.1) is 10.5 Å². The number of halogens is 2. The zero-order valence-electron chi connectivity index (χ0n) is 9.61. The van der Waals surface area contributed by atoms with Crippen LogP contribution < -0.4 is 0 Å². The molecule has 0 spiro atoms. The fraction of sp³-hybridized carbons (Fsp3) is 0.0909. The first-order valence-corrected chi connectivity index (χ1v) is 5.51. The van der Waals surface area contributed by atoms with E-state index < -0.39 is 27.8 Å². The molecule has 0 saturated carbocycles. The van der Waals surface area contributed by atoms with Crippen LogP contribution in [-0.4, -0.2) is 14.9 Å². The lowest BCUT2D eigenvalue weighted by atomic mass is 10.1. The first-order valence-electron chi connectivity index (χ1n) is 5.11. The molecule has 0 saturated heterocycles. The molecule has 1 heterocycles. The summed E-state index contributed by atoms with van der Waals surface area (Å²) >= 11 is 4.85. The van der Waals surface area contributed by atoms with Crippen LogP contribution in [-0.2, 0) is 0 Å². The van der Waals surface area contributed by atoms with Crippen molar-refractivity contribution in [2.45, 2.75) is 6.92 Å². The maximum Gasteiger partial charge on any atom is 0.305 e. The lowest BCUT2D eigenvalue weighted by Crippen LogP contribution is -2.01. The van der Waals surface area contributed by atoms with Crippen molar-refractivity contribution in [1.29, 1.82) is 0 Å². The topological polar surface area (TPSA) is 71.8 Å². The molecule has 0 aliphatic rings. The van der Waals surface area contributed by atoms with E-state index in [-0.39, 0.29) is 10.5 Å². The Morgan fingerprint density at radius 3 is 2.68 bits per heavy atom. The molecular weight excluding hydrogens is 276 g/mol. The van der Waals surface area contributed by atoms with Crippen molar-refractivity contribution >= 4 is 17.9 Å². The van der Waals surface area contributed by atoms with Gasteiger partial charge in [-0.3, -0.25) is 10.1 Å². The Hall–Kier alpha value is -2.22. The molecule has 8 heteroatoms. The minimum atomic E-state index is -1.28. The number of hydrogen-bond donors (Lipinski definition) is 1. The van der Waals surface area contributed by atoms with Crippen LogP contribution >= 0.6 is 12.2 Å². The Bertz CT molecular complexity index is 730. The molecule has 1 aromatic carbocycles. The number of hydrogen-bond acceptors (Lipinski definition) is 4. The summed E-state index contributed by atoms with van der Waals surface area (Å²) < 4.78 is 27.8. The molecule has 0 atom stereocenters. The predicted molar refractivity (Wildman–Crippen MR) is 66.2 cm³/mol. The third-order valence-corrected chi connectivity index (χ3v) is 2.59. The lowest BCUT2D eigenvalue weighted by molar-refractivity contribution is -0.387. The standard InChI is InChI=1S/C11H7F2N3O2S/c1-5-4-8(19)15-11(14-5)9-6(12)2-3-7(10(9)13)16(17)18/h2-4H,1H3,(H,14,15,19). The number of rotatable bonds is 2. The molecular formula is C11H7F2N3O2S. The molecule has 0 radical (unpaired) electrons. The molecule has 2 rings (SSSR count). The second kappa shape index (κ2) is 4.81. The maximum atomic E-state index is 14.0. The van der Waals surface area contributed by atoms with Gasteiger partial charge in [-0.1, -0.05) is 12.2 Å². The third-order valence-electron chi connectivity index (χ3n) is 2.38. The maximum absolute atomic E-state index is 14.0. The molecule has 1 aromatic heterocycles. The summed E-state index contributed by atoms with van der Waals surface area (Å²) in [6, 6.07) is 3.09. The van der Waals surface area contributed by atoms with Crippen molar-refractivity contribution < 1.29 is 13.7 Å². The molecule has 19 heavy (non-hydrogen) atoms. The second-order valence-corrected chi connectivity index (χ2v) is 4.18. The van der Waals surface area contributed by atoms with Gasteiger partial charge in [0.15, 0.2) is 0 Å². The Morgan fingerprint density at radius 2 is 2.11 bits per heavy atom. The summed E-state index contributed by atoms with van der Waals surface area (Å²) in [5.74, 6) is -2.41. The fourth-order valence-electron chi connectivity index (χ4n) is 1.60. The van der Waals surface area contributed by atoms with Gasteiger partial charge in [0, 0.05) is 11.8 Å². The smallest absolute Gasteiger partial charge is 0.305 e. The Kier molecular flexibility index (Phi) is 3.34. The lowest BCUT2D eigenvalue weighted by Gasteiger charge is -2.06. The third kappa shape index (κ3) is 2.48. The second-order valence-electron chi connectivity index (χ2n) is 3.76. The molecule has 0 unspecified atom stereocenters. The zero-order chi connectivity index (χ0) is 14.2. The van der Waals surface area contributed by atoms with Gasteiger partial charge in [-0.25, -0.2) is 9.37 Å². The van der Waals surface area contributed by atoms with Crippen LogP contribution in [0.3, 0.4) is 0 Å². The molecule has 2 aromatic rings. The quantitative estimate of drug-likeness (QED) is 0.521. The normalized spacial score (nSPS) is 10.5. The average molecular weight is 283 g/mol. The zero-order valence-corrected chi connectivity index (χ0v) is 10.4. The average Bonchev–Trinajstić information content (AvgIpc) is 2.26. The van der Waals surface area contributed by atoms with Gasteiger partial charge in [0.2, 0.25) is 5.82 Å². The van der Waals surface area contributed by atoms with Crippen molar-refractivity contribution in [2.24, 2.45) is 0 Å². The van der Waals surface area contributed by atoms with Crippen molar-refractivity contribution in [3.05, 3.63) is 50.3 Å². The number of nitro benzene ring substituents is 1.